The number of piperidine rings is 1. The summed E-state index contributed by atoms with van der Waals surface area (Å²) in [6, 6.07) is 6.85. The molecule has 0 bridgehead atoms. The van der Waals surface area contributed by atoms with Gasteiger partial charge in [-0.25, -0.2) is 24.7 Å². The van der Waals surface area contributed by atoms with Crippen molar-refractivity contribution in [1.82, 2.24) is 15.4 Å². The Morgan fingerprint density at radius 1 is 1.21 bits per heavy atom. The van der Waals surface area contributed by atoms with E-state index in [0.717, 1.165) is 31.6 Å². The van der Waals surface area contributed by atoms with Crippen LogP contribution in [0.15, 0.2) is 59.9 Å². The molecule has 2 aromatic rings. The highest BCUT2D eigenvalue weighted by molar-refractivity contribution is 6.02. The first-order chi connectivity index (χ1) is 20.2. The molecule has 1 atom stereocenters. The summed E-state index contributed by atoms with van der Waals surface area (Å²) in [6.45, 7) is 5.35. The molecule has 6 N–H and O–H groups in total. The number of hydrogen-bond acceptors (Lipinski definition) is 9. The molecule has 2 fully saturated rings. The molecule has 2 aromatic carbocycles. The normalized spacial score (nSPS) is 18.4. The van der Waals surface area contributed by atoms with Crippen LogP contribution in [0.3, 0.4) is 0 Å². The summed E-state index contributed by atoms with van der Waals surface area (Å²) in [5.41, 5.74) is 10.3. The molecule has 226 valence electrons. The van der Waals surface area contributed by atoms with Crippen LogP contribution in [0.25, 0.3) is 0 Å². The molecular weight excluding hydrogens is 546 g/mol. The first-order valence-corrected chi connectivity index (χ1v) is 13.6. The Hall–Kier alpha value is -4.20. The Bertz CT molecular complexity index is 1340. The van der Waals surface area contributed by atoms with Gasteiger partial charge in [-0.05, 0) is 51.2 Å². The summed E-state index contributed by atoms with van der Waals surface area (Å²) in [7, 11) is 5.66. The molecule has 2 aliphatic heterocycles. The van der Waals surface area contributed by atoms with E-state index in [1.807, 2.05) is 6.07 Å². The van der Waals surface area contributed by atoms with Crippen molar-refractivity contribution in [3.8, 4) is 5.75 Å². The number of nitrogens with zero attached hydrogens (tertiary/aromatic N) is 4. The van der Waals surface area contributed by atoms with Crippen LogP contribution >= 0.6 is 0 Å². The second kappa shape index (κ2) is 13.6. The lowest BCUT2D eigenvalue weighted by Crippen LogP contribution is -2.42. The van der Waals surface area contributed by atoms with Gasteiger partial charge in [0.1, 0.15) is 34.7 Å². The van der Waals surface area contributed by atoms with Gasteiger partial charge in [0.2, 0.25) is 5.91 Å². The predicted molar refractivity (Wildman–Crippen MR) is 159 cm³/mol. The van der Waals surface area contributed by atoms with Gasteiger partial charge in [-0.3, -0.25) is 9.63 Å². The SMILES string of the molecule is C=CC(=O)Nc1cc(N=C(N)/C=C(\NN)N2OCC[C@H]2c2c(F)cccc2F)c(OC)cc1N1CCC(N(C)C)CC1. The molecule has 13 heteroatoms. The lowest BCUT2D eigenvalue weighted by atomic mass is 10.0. The lowest BCUT2D eigenvalue weighted by Gasteiger charge is -2.37. The molecule has 2 heterocycles. The zero-order chi connectivity index (χ0) is 30.4. The number of rotatable bonds is 10. The molecule has 1 amide bonds. The lowest BCUT2D eigenvalue weighted by molar-refractivity contribution is -0.111. The van der Waals surface area contributed by atoms with Crippen LogP contribution in [-0.2, 0) is 9.63 Å². The number of nitrogens with two attached hydrogens (primary N) is 2. The van der Waals surface area contributed by atoms with Crippen molar-refractivity contribution in [2.24, 2.45) is 16.6 Å². The first kappa shape index (κ1) is 30.8. The summed E-state index contributed by atoms with van der Waals surface area (Å²) in [6.07, 6.45) is 4.83. The fraction of sp³-hybridized carbons (Fsp3) is 0.379. The second-order valence-electron chi connectivity index (χ2n) is 10.2. The van der Waals surface area contributed by atoms with Crippen molar-refractivity contribution in [3.05, 3.63) is 72.1 Å². The van der Waals surface area contributed by atoms with E-state index in [2.05, 4.69) is 46.2 Å². The number of methoxy groups -OCH3 is 1. The average Bonchev–Trinajstić information content (AvgIpc) is 3.45. The molecule has 42 heavy (non-hydrogen) atoms. The van der Waals surface area contributed by atoms with Gasteiger partial charge in [0.25, 0.3) is 0 Å². The zero-order valence-corrected chi connectivity index (χ0v) is 24.1. The number of hydroxylamine groups is 2. The Morgan fingerprint density at radius 3 is 2.50 bits per heavy atom. The number of ether oxygens (including phenoxy) is 1. The van der Waals surface area contributed by atoms with Crippen molar-refractivity contribution < 1.29 is 23.1 Å². The zero-order valence-electron chi connectivity index (χ0n) is 24.1. The van der Waals surface area contributed by atoms with E-state index in [4.69, 9.17) is 21.2 Å². The standard InChI is InChI=1S/C29H38F2N8O3/c1-5-28(40)35-21-15-22(25(41-4)16-24(21)38-12-9-18(10-13-38)37(2)3)34-26(32)17-27(36-33)39-23(11-14-42-39)29-19(30)7-6-8-20(29)31/h5-8,15-18,23,36H,1,9-14,33H2,2-4H3,(H2,32,34)(H,35,40)/b27-17+/t23-/m0/s1. The van der Waals surface area contributed by atoms with Crippen molar-refractivity contribution in [3.63, 3.8) is 0 Å². The van der Waals surface area contributed by atoms with Gasteiger partial charge in [0.05, 0.1) is 31.1 Å². The summed E-state index contributed by atoms with van der Waals surface area (Å²) >= 11 is 0. The van der Waals surface area contributed by atoms with E-state index in [1.165, 1.54) is 42.5 Å². The quantitative estimate of drug-likeness (QED) is 0.109. The average molecular weight is 585 g/mol. The number of halogens is 2. The van der Waals surface area contributed by atoms with E-state index in [0.29, 0.717) is 29.6 Å². The van der Waals surface area contributed by atoms with Crippen molar-refractivity contribution in [1.29, 1.82) is 0 Å². The molecule has 11 nitrogen and oxygen atoms in total. The topological polar surface area (TPSA) is 134 Å². The number of carbonyl (C=O) groups is 1. The molecule has 0 unspecified atom stereocenters. The van der Waals surface area contributed by atoms with E-state index < -0.39 is 17.7 Å². The van der Waals surface area contributed by atoms with Gasteiger partial charge in [-0.1, -0.05) is 12.6 Å². The molecule has 2 aliphatic rings. The third-order valence-electron chi connectivity index (χ3n) is 7.43. The molecular formula is C29H38F2N8O3. The number of amidine groups is 1. The number of carbonyl (C=O) groups excluding carboxylic acids is 1. The van der Waals surface area contributed by atoms with Gasteiger partial charge < -0.3 is 31.0 Å². The minimum atomic E-state index is -0.785. The number of nitrogens with one attached hydrogen (secondary N) is 2. The number of amides is 1. The molecule has 2 saturated heterocycles. The van der Waals surface area contributed by atoms with E-state index >= 15 is 0 Å². The van der Waals surface area contributed by atoms with Crippen LogP contribution in [0.5, 0.6) is 5.75 Å². The minimum Gasteiger partial charge on any atom is -0.494 e. The second-order valence-corrected chi connectivity index (χ2v) is 10.2. The van der Waals surface area contributed by atoms with Gasteiger partial charge in [0, 0.05) is 43.3 Å². The molecule has 4 rings (SSSR count). The molecule has 0 aliphatic carbocycles. The van der Waals surface area contributed by atoms with E-state index in [1.54, 1.807) is 6.07 Å². The maximum Gasteiger partial charge on any atom is 0.247 e. The van der Waals surface area contributed by atoms with E-state index in [9.17, 15) is 13.6 Å². The van der Waals surface area contributed by atoms with Gasteiger partial charge in [-0.15, -0.1) is 0 Å². The Labute approximate surface area is 244 Å². The molecule has 0 aromatic heterocycles. The van der Waals surface area contributed by atoms with Crippen LogP contribution < -0.4 is 32.0 Å². The van der Waals surface area contributed by atoms with Crippen LogP contribution in [0, 0.1) is 11.6 Å². The first-order valence-electron chi connectivity index (χ1n) is 13.6. The molecule has 0 spiro atoms. The fourth-order valence-corrected chi connectivity index (χ4v) is 5.26. The van der Waals surface area contributed by atoms with Crippen LogP contribution in [0.1, 0.15) is 30.9 Å². The maximum atomic E-state index is 14.6. The number of hydrazine groups is 1. The highest BCUT2D eigenvalue weighted by atomic mass is 19.1. The van der Waals surface area contributed by atoms with Crippen LogP contribution in [0.4, 0.5) is 25.8 Å². The van der Waals surface area contributed by atoms with Crippen molar-refractivity contribution in [2.45, 2.75) is 31.3 Å². The predicted octanol–water partition coefficient (Wildman–Crippen LogP) is 3.30. The monoisotopic (exact) mass is 584 g/mol. The molecule has 0 radical (unpaired) electrons. The number of hydrogen-bond donors (Lipinski definition) is 4. The Morgan fingerprint density at radius 2 is 1.90 bits per heavy atom. The summed E-state index contributed by atoms with van der Waals surface area (Å²) in [5, 5.41) is 4.14. The molecule has 0 saturated carbocycles. The summed E-state index contributed by atoms with van der Waals surface area (Å²) in [4.78, 5) is 26.9. The van der Waals surface area contributed by atoms with E-state index in [-0.39, 0.29) is 29.7 Å². The Balaban J connectivity index is 1.67. The van der Waals surface area contributed by atoms with Gasteiger partial charge >= 0.3 is 0 Å². The van der Waals surface area contributed by atoms with Crippen molar-refractivity contribution in [2.75, 3.05) is 51.1 Å². The largest absolute Gasteiger partial charge is 0.494 e. The Kier molecular flexibility index (Phi) is 9.99. The number of benzene rings is 2. The van der Waals surface area contributed by atoms with Gasteiger partial charge in [0.15, 0.2) is 0 Å². The van der Waals surface area contributed by atoms with Crippen LogP contribution in [-0.4, -0.2) is 68.6 Å². The minimum absolute atomic E-state index is 0.00921. The maximum absolute atomic E-state index is 14.6. The third-order valence-corrected chi connectivity index (χ3v) is 7.43. The summed E-state index contributed by atoms with van der Waals surface area (Å²) in [5.74, 6) is 4.56. The highest BCUT2D eigenvalue weighted by Crippen LogP contribution is 2.40. The van der Waals surface area contributed by atoms with Gasteiger partial charge in [-0.2, -0.15) is 0 Å². The van der Waals surface area contributed by atoms with Crippen LogP contribution in [0.2, 0.25) is 0 Å². The smallest absolute Gasteiger partial charge is 0.247 e. The van der Waals surface area contributed by atoms with Crippen molar-refractivity contribution >= 4 is 28.8 Å². The number of aliphatic imine (C=N–C) groups is 1. The highest BCUT2D eigenvalue weighted by Gasteiger charge is 2.33. The summed E-state index contributed by atoms with van der Waals surface area (Å²) < 4.78 is 34.8. The number of anilines is 2. The third kappa shape index (κ3) is 6.81. The fourth-order valence-electron chi connectivity index (χ4n) is 5.26.